The molecule has 0 atom stereocenters. The van der Waals surface area contributed by atoms with E-state index >= 15 is 0 Å². The predicted molar refractivity (Wildman–Crippen MR) is 71.3 cm³/mol. The normalized spacial score (nSPS) is 10.6. The zero-order valence-corrected chi connectivity index (χ0v) is 11.2. The number of hydrogen-bond donors (Lipinski definition) is 2. The number of hydrogen-bond acceptors (Lipinski definition) is 4. The smallest absolute Gasteiger partial charge is 0.176 e. The standard InChI is InChI=1S/C13H18ClNO3/c1-10-8-11(2-3-12(10)14)13(17)9-15-4-6-18-7-5-16/h2-3,8,15-16H,4-7,9H2,1H3. The van der Waals surface area contributed by atoms with Crippen LogP contribution in [0.5, 0.6) is 0 Å². The first kappa shape index (κ1) is 15.1. The first-order valence-electron chi connectivity index (χ1n) is 5.84. The van der Waals surface area contributed by atoms with Crippen LogP contribution in [0.3, 0.4) is 0 Å². The highest BCUT2D eigenvalue weighted by atomic mass is 35.5. The van der Waals surface area contributed by atoms with Crippen molar-refractivity contribution >= 4 is 17.4 Å². The molecule has 0 aliphatic carbocycles. The molecule has 0 saturated heterocycles. The number of ether oxygens (including phenoxy) is 1. The number of aliphatic hydroxyl groups is 1. The zero-order valence-electron chi connectivity index (χ0n) is 10.4. The number of carbonyl (C=O) groups excluding carboxylic acids is 1. The Labute approximate surface area is 112 Å². The highest BCUT2D eigenvalue weighted by molar-refractivity contribution is 6.31. The molecule has 0 amide bonds. The third-order valence-corrected chi connectivity index (χ3v) is 2.85. The Morgan fingerprint density at radius 3 is 2.89 bits per heavy atom. The van der Waals surface area contributed by atoms with Gasteiger partial charge in [-0.3, -0.25) is 4.79 Å². The summed E-state index contributed by atoms with van der Waals surface area (Å²) in [5.41, 5.74) is 1.55. The van der Waals surface area contributed by atoms with Gasteiger partial charge in [-0.1, -0.05) is 11.6 Å². The van der Waals surface area contributed by atoms with E-state index in [1.807, 2.05) is 6.92 Å². The molecule has 0 aromatic heterocycles. The largest absolute Gasteiger partial charge is 0.394 e. The van der Waals surface area contributed by atoms with Crippen LogP contribution < -0.4 is 5.32 Å². The lowest BCUT2D eigenvalue weighted by molar-refractivity contribution is 0.0906. The molecular weight excluding hydrogens is 254 g/mol. The molecule has 2 N–H and O–H groups in total. The molecule has 4 nitrogen and oxygen atoms in total. The fourth-order valence-corrected chi connectivity index (χ4v) is 1.55. The van der Waals surface area contributed by atoms with Gasteiger partial charge in [0.05, 0.1) is 26.4 Å². The van der Waals surface area contributed by atoms with Gasteiger partial charge < -0.3 is 15.2 Å². The van der Waals surface area contributed by atoms with E-state index < -0.39 is 0 Å². The molecule has 1 rings (SSSR count). The fraction of sp³-hybridized carbons (Fsp3) is 0.462. The minimum absolute atomic E-state index is 0.0168. The Morgan fingerprint density at radius 1 is 1.44 bits per heavy atom. The maximum Gasteiger partial charge on any atom is 0.176 e. The Balaban J connectivity index is 2.30. The Morgan fingerprint density at radius 2 is 2.22 bits per heavy atom. The second kappa shape index (κ2) is 8.21. The van der Waals surface area contributed by atoms with E-state index in [1.165, 1.54) is 0 Å². The molecule has 0 saturated carbocycles. The van der Waals surface area contributed by atoms with Gasteiger partial charge in [0.1, 0.15) is 0 Å². The molecule has 1 aromatic rings. The fourth-order valence-electron chi connectivity index (χ4n) is 1.43. The third-order valence-electron chi connectivity index (χ3n) is 2.42. The van der Waals surface area contributed by atoms with Crippen LogP contribution in [0, 0.1) is 6.92 Å². The van der Waals surface area contributed by atoms with Gasteiger partial charge >= 0.3 is 0 Å². The lowest BCUT2D eigenvalue weighted by atomic mass is 10.1. The van der Waals surface area contributed by atoms with Crippen LogP contribution in [0.1, 0.15) is 15.9 Å². The quantitative estimate of drug-likeness (QED) is 0.555. The van der Waals surface area contributed by atoms with E-state index in [9.17, 15) is 4.79 Å². The SMILES string of the molecule is Cc1cc(C(=O)CNCCOCCO)ccc1Cl. The number of carbonyl (C=O) groups is 1. The van der Waals surface area contributed by atoms with Crippen LogP contribution in [0.2, 0.25) is 5.02 Å². The number of nitrogens with one attached hydrogen (secondary N) is 1. The molecule has 18 heavy (non-hydrogen) atoms. The number of rotatable bonds is 8. The molecular formula is C13H18ClNO3. The number of Topliss-reactive ketones (excluding diaryl/α,β-unsaturated/α-hetero) is 1. The van der Waals surface area contributed by atoms with Gasteiger partial charge in [-0.2, -0.15) is 0 Å². The Bertz CT molecular complexity index is 396. The number of ketones is 1. The molecule has 1 aromatic carbocycles. The molecule has 0 heterocycles. The molecule has 0 unspecified atom stereocenters. The molecule has 0 fully saturated rings. The summed E-state index contributed by atoms with van der Waals surface area (Å²) in [6.45, 7) is 3.54. The van der Waals surface area contributed by atoms with Crippen LogP contribution in [0.25, 0.3) is 0 Å². The first-order chi connectivity index (χ1) is 8.65. The predicted octanol–water partition coefficient (Wildman–Crippen LogP) is 1.43. The minimum Gasteiger partial charge on any atom is -0.394 e. The van der Waals surface area contributed by atoms with Gasteiger partial charge in [0.25, 0.3) is 0 Å². The molecule has 0 aliphatic heterocycles. The van der Waals surface area contributed by atoms with Gasteiger partial charge in [-0.05, 0) is 30.7 Å². The van der Waals surface area contributed by atoms with Crippen molar-refractivity contribution in [3.05, 3.63) is 34.3 Å². The lowest BCUT2D eigenvalue weighted by Gasteiger charge is -2.06. The van der Waals surface area contributed by atoms with E-state index in [1.54, 1.807) is 18.2 Å². The molecule has 5 heteroatoms. The Kier molecular flexibility index (Phi) is 6.90. The van der Waals surface area contributed by atoms with E-state index in [0.29, 0.717) is 30.3 Å². The molecule has 0 aliphatic rings. The van der Waals surface area contributed by atoms with Crippen molar-refractivity contribution < 1.29 is 14.6 Å². The number of aryl methyl sites for hydroxylation is 1. The monoisotopic (exact) mass is 271 g/mol. The molecule has 0 bridgehead atoms. The average molecular weight is 272 g/mol. The summed E-state index contributed by atoms with van der Waals surface area (Å²) in [5.74, 6) is 0.0249. The maximum atomic E-state index is 11.8. The number of aliphatic hydroxyl groups excluding tert-OH is 1. The van der Waals surface area contributed by atoms with Crippen LogP contribution in [-0.2, 0) is 4.74 Å². The van der Waals surface area contributed by atoms with Crippen molar-refractivity contribution in [2.75, 3.05) is 32.9 Å². The van der Waals surface area contributed by atoms with Crippen molar-refractivity contribution in [3.8, 4) is 0 Å². The van der Waals surface area contributed by atoms with Crippen molar-refractivity contribution in [2.24, 2.45) is 0 Å². The van der Waals surface area contributed by atoms with E-state index in [0.717, 1.165) is 5.56 Å². The molecule has 100 valence electrons. The highest BCUT2D eigenvalue weighted by Gasteiger charge is 2.06. The summed E-state index contributed by atoms with van der Waals surface area (Å²) in [6, 6.07) is 5.24. The third kappa shape index (κ3) is 5.14. The van der Waals surface area contributed by atoms with E-state index in [4.69, 9.17) is 21.4 Å². The summed E-state index contributed by atoms with van der Waals surface area (Å²) in [6.07, 6.45) is 0. The maximum absolute atomic E-state index is 11.8. The first-order valence-corrected chi connectivity index (χ1v) is 6.21. The van der Waals surface area contributed by atoms with Crippen LogP contribution >= 0.6 is 11.6 Å². The van der Waals surface area contributed by atoms with Crippen LogP contribution in [0.15, 0.2) is 18.2 Å². The van der Waals surface area contributed by atoms with Gasteiger partial charge in [-0.15, -0.1) is 0 Å². The molecule has 0 radical (unpaired) electrons. The summed E-state index contributed by atoms with van der Waals surface area (Å²) in [5, 5.41) is 12.1. The van der Waals surface area contributed by atoms with E-state index in [-0.39, 0.29) is 18.9 Å². The van der Waals surface area contributed by atoms with Gasteiger partial charge in [0.15, 0.2) is 5.78 Å². The van der Waals surface area contributed by atoms with Crippen molar-refractivity contribution in [3.63, 3.8) is 0 Å². The van der Waals surface area contributed by atoms with Crippen molar-refractivity contribution in [2.45, 2.75) is 6.92 Å². The van der Waals surface area contributed by atoms with Gasteiger partial charge in [0, 0.05) is 17.1 Å². The summed E-state index contributed by atoms with van der Waals surface area (Å²) in [4.78, 5) is 11.8. The summed E-state index contributed by atoms with van der Waals surface area (Å²) >= 11 is 5.90. The van der Waals surface area contributed by atoms with Crippen LogP contribution in [0.4, 0.5) is 0 Å². The average Bonchev–Trinajstić information content (AvgIpc) is 2.36. The highest BCUT2D eigenvalue weighted by Crippen LogP contribution is 2.16. The zero-order chi connectivity index (χ0) is 13.4. The second-order valence-corrected chi connectivity index (χ2v) is 4.31. The lowest BCUT2D eigenvalue weighted by Crippen LogP contribution is -2.27. The van der Waals surface area contributed by atoms with Crippen LogP contribution in [-0.4, -0.2) is 43.8 Å². The van der Waals surface area contributed by atoms with E-state index in [2.05, 4.69) is 5.32 Å². The second-order valence-electron chi connectivity index (χ2n) is 3.90. The topological polar surface area (TPSA) is 58.6 Å². The Hall–Kier alpha value is -0.940. The number of benzene rings is 1. The van der Waals surface area contributed by atoms with Gasteiger partial charge in [0.2, 0.25) is 0 Å². The van der Waals surface area contributed by atoms with Crippen molar-refractivity contribution in [1.29, 1.82) is 0 Å². The minimum atomic E-state index is 0.0168. The summed E-state index contributed by atoms with van der Waals surface area (Å²) < 4.78 is 5.06. The van der Waals surface area contributed by atoms with Gasteiger partial charge in [-0.25, -0.2) is 0 Å². The molecule has 0 spiro atoms. The number of halogens is 1. The van der Waals surface area contributed by atoms with Crippen molar-refractivity contribution in [1.82, 2.24) is 5.32 Å². The summed E-state index contributed by atoms with van der Waals surface area (Å²) in [7, 11) is 0.